The normalized spacial score (nSPS) is 13.6. The summed E-state index contributed by atoms with van der Waals surface area (Å²) in [4.78, 5) is 0. The zero-order valence-electron chi connectivity index (χ0n) is 59.2. The first-order valence-corrected chi connectivity index (χ1v) is 37.4. The quantitative estimate of drug-likeness (QED) is 0.106. The van der Waals surface area contributed by atoms with Gasteiger partial charge < -0.3 is 9.13 Å². The first-order valence-electron chi connectivity index (χ1n) is 37.4. The second kappa shape index (κ2) is 21.7. The molecule has 2 heteroatoms. The van der Waals surface area contributed by atoms with E-state index in [1.165, 1.54) is 175 Å². The summed E-state index contributed by atoms with van der Waals surface area (Å²) in [7, 11) is 0. The van der Waals surface area contributed by atoms with Gasteiger partial charge in [0.2, 0.25) is 0 Å². The van der Waals surface area contributed by atoms with Crippen LogP contribution >= 0.6 is 0 Å². The van der Waals surface area contributed by atoms with Crippen LogP contribution in [-0.4, -0.2) is 9.13 Å². The molecule has 2 nitrogen and oxygen atoms in total. The first-order chi connectivity index (χ1) is 52.1. The minimum Gasteiger partial charge on any atom is -0.308 e. The van der Waals surface area contributed by atoms with E-state index in [0.717, 1.165) is 56.0 Å². The minimum absolute atomic E-state index is 0.273. The van der Waals surface area contributed by atoms with Gasteiger partial charge in [0.05, 0.1) is 33.8 Å². The van der Waals surface area contributed by atoms with Gasteiger partial charge in [0, 0.05) is 43.5 Å². The summed E-state index contributed by atoms with van der Waals surface area (Å²) in [5.74, 6) is 0. The third-order valence-electron chi connectivity index (χ3n) is 24.7. The van der Waals surface area contributed by atoms with Crippen LogP contribution in [0.1, 0.15) is 49.9 Å². The number of fused-ring (bicyclic) bond motifs is 10. The number of aromatic nitrogens is 2. The highest BCUT2D eigenvalue weighted by Crippen LogP contribution is 2.58. The molecule has 0 N–H and O–H groups in total. The molecule has 0 amide bonds. The van der Waals surface area contributed by atoms with Crippen LogP contribution in [0.5, 0.6) is 0 Å². The van der Waals surface area contributed by atoms with Crippen LogP contribution in [0.3, 0.4) is 0 Å². The largest absolute Gasteiger partial charge is 0.308 e. The third-order valence-corrected chi connectivity index (χ3v) is 24.7. The number of rotatable bonds is 8. The fourth-order valence-electron chi connectivity index (χ4n) is 20.0. The molecule has 0 fully saturated rings. The van der Waals surface area contributed by atoms with Crippen molar-refractivity contribution in [2.24, 2.45) is 0 Å². The van der Waals surface area contributed by atoms with E-state index in [2.05, 4.69) is 377 Å². The summed E-state index contributed by atoms with van der Waals surface area (Å²) in [6.45, 7) is 9.72. The maximum Gasteiger partial charge on any atom is 0.0619 e. The first kappa shape index (κ1) is 59.4. The summed E-state index contributed by atoms with van der Waals surface area (Å²) in [5, 5.41) is 22.2. The van der Waals surface area contributed by atoms with Gasteiger partial charge in [0.1, 0.15) is 0 Å². The van der Waals surface area contributed by atoms with E-state index in [9.17, 15) is 0 Å². The lowest BCUT2D eigenvalue weighted by atomic mass is 9.79. The molecular formula is C104H68N2. The van der Waals surface area contributed by atoms with E-state index < -0.39 is 0 Å². The van der Waals surface area contributed by atoms with Crippen molar-refractivity contribution in [1.29, 1.82) is 0 Å². The Balaban J connectivity index is 0.955. The monoisotopic (exact) mass is 1340 g/mol. The van der Waals surface area contributed by atoms with Crippen molar-refractivity contribution < 1.29 is 0 Å². The molecule has 19 aromatic carbocycles. The van der Waals surface area contributed by atoms with Crippen LogP contribution in [0, 0.1) is 0 Å². The molecule has 2 aliphatic rings. The van der Waals surface area contributed by atoms with Crippen molar-refractivity contribution in [2.75, 3.05) is 0 Å². The highest BCUT2D eigenvalue weighted by Gasteiger charge is 2.39. The van der Waals surface area contributed by atoms with Crippen molar-refractivity contribution in [3.63, 3.8) is 0 Å². The van der Waals surface area contributed by atoms with Crippen molar-refractivity contribution in [3.8, 4) is 101 Å². The highest BCUT2D eigenvalue weighted by atomic mass is 15.0. The van der Waals surface area contributed by atoms with Gasteiger partial charge >= 0.3 is 0 Å². The number of hydrogen-bond donors (Lipinski definition) is 0. The molecule has 0 saturated carbocycles. The van der Waals surface area contributed by atoms with Gasteiger partial charge in [-0.2, -0.15) is 0 Å². The van der Waals surface area contributed by atoms with Crippen molar-refractivity contribution in [2.45, 2.75) is 38.5 Å². The van der Waals surface area contributed by atoms with Crippen LogP contribution < -0.4 is 0 Å². The van der Waals surface area contributed by atoms with Gasteiger partial charge in [-0.3, -0.25) is 0 Å². The average molecular weight is 1350 g/mol. The molecule has 0 aliphatic heterocycles. The fourth-order valence-corrected chi connectivity index (χ4v) is 20.0. The molecule has 0 spiro atoms. The Hall–Kier alpha value is -13.1. The molecule has 494 valence electrons. The maximum absolute atomic E-state index is 2.66. The van der Waals surface area contributed by atoms with Crippen LogP contribution in [0.2, 0.25) is 0 Å². The van der Waals surface area contributed by atoms with Crippen LogP contribution in [0.4, 0.5) is 0 Å². The third kappa shape index (κ3) is 8.11. The van der Waals surface area contributed by atoms with Crippen LogP contribution in [-0.2, 0) is 10.8 Å². The zero-order chi connectivity index (χ0) is 70.0. The number of hydrogen-bond acceptors (Lipinski definition) is 0. The van der Waals surface area contributed by atoms with Crippen LogP contribution in [0.15, 0.2) is 340 Å². The van der Waals surface area contributed by atoms with Crippen molar-refractivity contribution in [3.05, 3.63) is 362 Å². The molecule has 2 aliphatic carbocycles. The molecule has 0 bridgehead atoms. The van der Waals surface area contributed by atoms with Gasteiger partial charge in [-0.15, -0.1) is 0 Å². The Morgan fingerprint density at radius 1 is 0.198 bits per heavy atom. The standard InChI is InChI=1S/C104H68N2/c1-103(2)85-37-19-17-35-73(85)75-49-45-71(55-87(75)103)95-79-57-83-92(106(101(69-27-13-7-14-28-69)99(83)61-23-9-5-10-24-61)90-54-48-68-42-40-64-32-22-34-66-44-52-78(90)98(68)94(64)66)60-82(79)96(72-46-50-76-74-36-18-20-38-86(74)104(3,4)88(76)56-72)80-58-84-91(59-81(80)95)105(102(70-29-15-8-16-30-70)100(84)62-25-11-6-12-26-62)89-53-47-67-41-39-63-31-21-33-65-43-51-77(89)97(67)93(63)65/h5-60H,1-4H3. The fraction of sp³-hybridized carbons (Fsp3) is 0.0577. The lowest BCUT2D eigenvalue weighted by Crippen LogP contribution is -2.15. The van der Waals surface area contributed by atoms with Crippen LogP contribution in [0.25, 0.3) is 209 Å². The predicted molar refractivity (Wildman–Crippen MR) is 450 cm³/mol. The topological polar surface area (TPSA) is 9.86 Å². The second-order valence-corrected chi connectivity index (χ2v) is 30.9. The van der Waals surface area contributed by atoms with E-state index in [-0.39, 0.29) is 10.8 Å². The summed E-state index contributed by atoms with van der Waals surface area (Å²) in [5.41, 5.74) is 28.8. The Kier molecular flexibility index (Phi) is 12.2. The second-order valence-electron chi connectivity index (χ2n) is 30.9. The van der Waals surface area contributed by atoms with E-state index >= 15 is 0 Å². The van der Waals surface area contributed by atoms with E-state index in [0.29, 0.717) is 0 Å². The molecule has 0 saturated heterocycles. The lowest BCUT2D eigenvalue weighted by molar-refractivity contribution is 0.660. The van der Waals surface area contributed by atoms with Gasteiger partial charge in [0.15, 0.2) is 0 Å². The summed E-state index contributed by atoms with van der Waals surface area (Å²) < 4.78 is 5.31. The minimum atomic E-state index is -0.273. The zero-order valence-corrected chi connectivity index (χ0v) is 59.2. The maximum atomic E-state index is 2.66. The molecular weight excluding hydrogens is 1280 g/mol. The number of nitrogens with zero attached hydrogens (tertiary/aromatic N) is 2. The average Bonchev–Trinajstić information content (AvgIpc) is 1.42. The van der Waals surface area contributed by atoms with Crippen molar-refractivity contribution in [1.82, 2.24) is 9.13 Å². The van der Waals surface area contributed by atoms with Gasteiger partial charge in [-0.1, -0.05) is 319 Å². The highest BCUT2D eigenvalue weighted by molar-refractivity contribution is 6.30. The Morgan fingerprint density at radius 2 is 0.519 bits per heavy atom. The smallest absolute Gasteiger partial charge is 0.0619 e. The van der Waals surface area contributed by atoms with E-state index in [4.69, 9.17) is 0 Å². The van der Waals surface area contributed by atoms with Gasteiger partial charge in [0.25, 0.3) is 0 Å². The molecule has 23 rings (SSSR count). The lowest BCUT2D eigenvalue weighted by Gasteiger charge is -2.24. The summed E-state index contributed by atoms with van der Waals surface area (Å²) in [6.07, 6.45) is 0. The summed E-state index contributed by atoms with van der Waals surface area (Å²) >= 11 is 0. The Morgan fingerprint density at radius 3 is 0.915 bits per heavy atom. The van der Waals surface area contributed by atoms with Gasteiger partial charge in [-0.05, 0) is 213 Å². The number of benzene rings is 19. The van der Waals surface area contributed by atoms with E-state index in [1.54, 1.807) is 0 Å². The molecule has 21 aromatic rings. The molecule has 2 heterocycles. The summed E-state index contributed by atoms with van der Waals surface area (Å²) in [6, 6.07) is 130. The molecule has 0 radical (unpaired) electrons. The van der Waals surface area contributed by atoms with E-state index in [1.807, 2.05) is 0 Å². The molecule has 106 heavy (non-hydrogen) atoms. The SMILES string of the molecule is CC1(C)c2ccccc2-c2ccc(-c3c4cc5c(-c6ccccc6)c(-c6ccccc6)n(-c6ccc7ccc8cccc9ccc6c7c89)c5cc4c(-c4ccc5c(c4)C(C)(C)c4ccccc4-5)c4cc5c(-c6ccccc6)c(-c6ccccc6)n(-c6ccc7ccc8cccc9ccc6c7c89)c5cc34)cc21. The Labute approximate surface area is 614 Å². The Bertz CT molecular complexity index is 6860. The molecule has 0 atom stereocenters. The molecule has 0 unspecified atom stereocenters. The van der Waals surface area contributed by atoms with Gasteiger partial charge in [-0.25, -0.2) is 0 Å². The molecule has 2 aromatic heterocycles. The van der Waals surface area contributed by atoms with Crippen molar-refractivity contribution >= 4 is 108 Å². The predicted octanol–water partition coefficient (Wildman–Crippen LogP) is 28.3.